The number of fused-ring (bicyclic) bond motifs is 1. The Labute approximate surface area is 195 Å². The highest BCUT2D eigenvalue weighted by Gasteiger charge is 2.50. The Kier molecular flexibility index (Phi) is 6.23. The number of carbonyl (C=O) groups excluding carboxylic acids is 4. The number of allylic oxidation sites excluding steroid dienone is 2. The summed E-state index contributed by atoms with van der Waals surface area (Å²) in [6, 6.07) is 7.81. The van der Waals surface area contributed by atoms with Crippen LogP contribution in [0.3, 0.4) is 0 Å². The molecule has 1 aromatic heterocycles. The van der Waals surface area contributed by atoms with Crippen molar-refractivity contribution in [2.24, 2.45) is 18.9 Å². The maximum atomic E-state index is 12.9. The second-order valence-corrected chi connectivity index (χ2v) is 8.47. The molecule has 0 saturated carbocycles. The van der Waals surface area contributed by atoms with Gasteiger partial charge in [-0.05, 0) is 38.8 Å². The van der Waals surface area contributed by atoms with Crippen LogP contribution in [-0.4, -0.2) is 50.6 Å². The number of benzene rings is 1. The molecule has 2 aliphatic rings. The minimum absolute atomic E-state index is 0.0712. The Morgan fingerprint density at radius 1 is 1.06 bits per heavy atom. The molecule has 34 heavy (non-hydrogen) atoms. The van der Waals surface area contributed by atoms with Gasteiger partial charge in [0, 0.05) is 7.05 Å². The number of hydrogen-bond donors (Lipinski definition) is 1. The predicted molar refractivity (Wildman–Crippen MR) is 122 cm³/mol. The Morgan fingerprint density at radius 3 is 2.24 bits per heavy atom. The summed E-state index contributed by atoms with van der Waals surface area (Å²) in [6.07, 6.45) is 4.65. The summed E-state index contributed by atoms with van der Waals surface area (Å²) in [6.45, 7) is 2.43. The Bertz CT molecular complexity index is 1220. The highest BCUT2D eigenvalue weighted by atomic mass is 16.5. The van der Waals surface area contributed by atoms with Crippen molar-refractivity contribution in [1.29, 1.82) is 0 Å². The molecule has 1 N–H and O–H groups in total. The zero-order valence-corrected chi connectivity index (χ0v) is 19.2. The maximum absolute atomic E-state index is 12.9. The number of likely N-dealkylation sites (tertiary alicyclic amines) is 1. The first-order chi connectivity index (χ1) is 16.2. The maximum Gasteiger partial charge on any atom is 0.329 e. The number of anilines is 1. The molecule has 0 unspecified atom stereocenters. The van der Waals surface area contributed by atoms with Crippen LogP contribution in [0.25, 0.3) is 5.69 Å². The molecule has 1 aliphatic heterocycles. The van der Waals surface area contributed by atoms with Crippen molar-refractivity contribution in [3.8, 4) is 5.69 Å². The molecule has 1 aromatic carbocycles. The van der Waals surface area contributed by atoms with Gasteiger partial charge in [0.1, 0.15) is 11.7 Å². The number of para-hydroxylation sites is 1. The number of ether oxygens (including phenoxy) is 1. The second kappa shape index (κ2) is 9.12. The zero-order chi connectivity index (χ0) is 24.6. The molecule has 10 heteroatoms. The van der Waals surface area contributed by atoms with Crippen molar-refractivity contribution in [3.05, 3.63) is 58.5 Å². The fraction of sp³-hybridized carbons (Fsp3) is 0.375. The van der Waals surface area contributed by atoms with Gasteiger partial charge in [-0.1, -0.05) is 30.4 Å². The Morgan fingerprint density at radius 2 is 1.65 bits per heavy atom. The first-order valence-electron chi connectivity index (χ1n) is 11.0. The van der Waals surface area contributed by atoms with Gasteiger partial charge in [0.25, 0.3) is 11.5 Å². The van der Waals surface area contributed by atoms with E-state index in [0.29, 0.717) is 24.2 Å². The first-order valence-corrected chi connectivity index (χ1v) is 11.0. The van der Waals surface area contributed by atoms with Crippen molar-refractivity contribution in [1.82, 2.24) is 14.3 Å². The molecule has 0 spiro atoms. The van der Waals surface area contributed by atoms with Crippen molar-refractivity contribution in [2.75, 3.05) is 11.9 Å². The van der Waals surface area contributed by atoms with Crippen LogP contribution in [0.4, 0.5) is 5.69 Å². The lowest BCUT2D eigenvalue weighted by atomic mass is 9.85. The monoisotopic (exact) mass is 466 g/mol. The van der Waals surface area contributed by atoms with E-state index < -0.39 is 53.7 Å². The minimum Gasteiger partial charge on any atom is -0.454 e. The van der Waals surface area contributed by atoms with Crippen LogP contribution in [0.5, 0.6) is 0 Å². The average Bonchev–Trinajstić information content (AvgIpc) is 3.22. The van der Waals surface area contributed by atoms with Crippen molar-refractivity contribution < 1.29 is 23.9 Å². The molecule has 1 fully saturated rings. The number of rotatable bonds is 6. The summed E-state index contributed by atoms with van der Waals surface area (Å²) in [5.74, 6) is -3.27. The summed E-state index contributed by atoms with van der Waals surface area (Å²) in [5, 5.41) is 2.51. The van der Waals surface area contributed by atoms with Crippen molar-refractivity contribution in [3.63, 3.8) is 0 Å². The van der Waals surface area contributed by atoms with Gasteiger partial charge in [0.05, 0.1) is 23.2 Å². The van der Waals surface area contributed by atoms with Gasteiger partial charge < -0.3 is 10.1 Å². The lowest BCUT2D eigenvalue weighted by Crippen LogP contribution is -2.45. The average molecular weight is 466 g/mol. The molecule has 3 atom stereocenters. The van der Waals surface area contributed by atoms with Gasteiger partial charge in [-0.2, -0.15) is 0 Å². The number of carbonyl (C=O) groups is 4. The molecule has 3 amide bonds. The van der Waals surface area contributed by atoms with Crippen LogP contribution >= 0.6 is 0 Å². The number of nitrogens with zero attached hydrogens (tertiary/aromatic N) is 3. The van der Waals surface area contributed by atoms with Crippen molar-refractivity contribution >= 4 is 29.4 Å². The zero-order valence-electron chi connectivity index (χ0n) is 19.2. The fourth-order valence-electron chi connectivity index (χ4n) is 4.46. The van der Waals surface area contributed by atoms with Crippen LogP contribution in [0.1, 0.15) is 25.5 Å². The summed E-state index contributed by atoms with van der Waals surface area (Å²) in [4.78, 5) is 64.1. The number of nitrogens with one attached hydrogen (secondary N) is 1. The third-order valence-electron chi connectivity index (χ3n) is 6.43. The van der Waals surface area contributed by atoms with Gasteiger partial charge in [0.2, 0.25) is 11.8 Å². The SMILES string of the molecule is Cc1c(NC(=O)COC(=O)[C@H](C)N2C(=O)[C@H]3CC=CC[C@@H]3C2=O)c(=O)n(-c2ccccc2)n1C. The third-order valence-corrected chi connectivity index (χ3v) is 6.43. The quantitative estimate of drug-likeness (QED) is 0.389. The Balaban J connectivity index is 1.40. The molecule has 0 bridgehead atoms. The van der Waals surface area contributed by atoms with Gasteiger partial charge in [-0.25, -0.2) is 9.48 Å². The van der Waals surface area contributed by atoms with Crippen LogP contribution in [0.15, 0.2) is 47.3 Å². The van der Waals surface area contributed by atoms with E-state index in [4.69, 9.17) is 4.74 Å². The third kappa shape index (κ3) is 3.95. The van der Waals surface area contributed by atoms with E-state index in [0.717, 1.165) is 4.90 Å². The number of esters is 1. The Hall–Kier alpha value is -3.95. The number of amides is 3. The number of imide groups is 1. The summed E-state index contributed by atoms with van der Waals surface area (Å²) >= 11 is 0. The number of aromatic nitrogens is 2. The largest absolute Gasteiger partial charge is 0.454 e. The second-order valence-electron chi connectivity index (χ2n) is 8.47. The smallest absolute Gasteiger partial charge is 0.329 e. The molecular weight excluding hydrogens is 440 g/mol. The highest BCUT2D eigenvalue weighted by Crippen LogP contribution is 2.36. The van der Waals surface area contributed by atoms with Crippen LogP contribution in [0, 0.1) is 18.8 Å². The van der Waals surface area contributed by atoms with Crippen LogP contribution in [0.2, 0.25) is 0 Å². The highest BCUT2D eigenvalue weighted by molar-refractivity contribution is 6.08. The van der Waals surface area contributed by atoms with Gasteiger partial charge >= 0.3 is 5.97 Å². The van der Waals surface area contributed by atoms with E-state index in [2.05, 4.69) is 5.32 Å². The van der Waals surface area contributed by atoms with E-state index in [-0.39, 0.29) is 5.69 Å². The molecule has 4 rings (SSSR count). The molecule has 2 aromatic rings. The predicted octanol–water partition coefficient (Wildman–Crippen LogP) is 1.31. The van der Waals surface area contributed by atoms with E-state index in [1.807, 2.05) is 18.2 Å². The summed E-state index contributed by atoms with van der Waals surface area (Å²) < 4.78 is 8.10. The molecule has 1 saturated heterocycles. The normalized spacial score (nSPS) is 20.3. The van der Waals surface area contributed by atoms with Gasteiger partial charge in [-0.3, -0.25) is 28.8 Å². The lowest BCUT2D eigenvalue weighted by molar-refractivity contribution is -0.159. The summed E-state index contributed by atoms with van der Waals surface area (Å²) in [7, 11) is 1.69. The standard InChI is InChI=1S/C24H26N4O6/c1-14-20(23(32)28(26(14)3)16-9-5-4-6-10-16)25-19(29)13-34-24(33)15(2)27-21(30)17-11-7-8-12-18(17)22(27)31/h4-10,15,17-18H,11-13H2,1-3H3,(H,25,29)/t15-,17-,18-/m0/s1. The number of hydrogen-bond acceptors (Lipinski definition) is 6. The van der Waals surface area contributed by atoms with Gasteiger partial charge in [0.15, 0.2) is 6.61 Å². The van der Waals surface area contributed by atoms with E-state index in [9.17, 15) is 24.0 Å². The first kappa shape index (κ1) is 23.2. The van der Waals surface area contributed by atoms with Crippen LogP contribution in [-0.2, 0) is 31.0 Å². The molecule has 10 nitrogen and oxygen atoms in total. The minimum atomic E-state index is -1.15. The van der Waals surface area contributed by atoms with Crippen LogP contribution < -0.4 is 10.9 Å². The molecule has 178 valence electrons. The lowest BCUT2D eigenvalue weighted by Gasteiger charge is -2.21. The van der Waals surface area contributed by atoms with E-state index in [1.54, 1.807) is 42.9 Å². The van der Waals surface area contributed by atoms with Crippen molar-refractivity contribution in [2.45, 2.75) is 32.7 Å². The van der Waals surface area contributed by atoms with E-state index in [1.165, 1.54) is 11.6 Å². The fourth-order valence-corrected chi connectivity index (χ4v) is 4.46. The molecular formula is C24H26N4O6. The van der Waals surface area contributed by atoms with E-state index >= 15 is 0 Å². The summed E-state index contributed by atoms with van der Waals surface area (Å²) in [5.41, 5.74) is 0.798. The topological polar surface area (TPSA) is 120 Å². The van der Waals surface area contributed by atoms with Gasteiger partial charge in [-0.15, -0.1) is 0 Å². The molecule has 2 heterocycles. The molecule has 0 radical (unpaired) electrons. The molecule has 1 aliphatic carbocycles.